The van der Waals surface area contributed by atoms with Gasteiger partial charge in [0.25, 0.3) is 5.91 Å². The average Bonchev–Trinajstić information content (AvgIpc) is 2.69. The summed E-state index contributed by atoms with van der Waals surface area (Å²) in [4.78, 5) is 16.5. The molecule has 2 aromatic carbocycles. The third kappa shape index (κ3) is 4.08. The van der Waals surface area contributed by atoms with E-state index in [-0.39, 0.29) is 35.0 Å². The van der Waals surface area contributed by atoms with Crippen molar-refractivity contribution in [2.45, 2.75) is 38.1 Å². The van der Waals surface area contributed by atoms with E-state index in [9.17, 15) is 22.4 Å². The van der Waals surface area contributed by atoms with Gasteiger partial charge in [-0.3, -0.25) is 9.78 Å². The SMILES string of the molecule is O=C(NC1CCC1)c1cc(F)c2ccccc2c1OCc1ccc(C(F)(F)F)cn1. The van der Waals surface area contributed by atoms with Gasteiger partial charge < -0.3 is 10.1 Å². The summed E-state index contributed by atoms with van der Waals surface area (Å²) in [5.74, 6) is -0.824. The summed E-state index contributed by atoms with van der Waals surface area (Å²) >= 11 is 0. The molecule has 4 nitrogen and oxygen atoms in total. The fourth-order valence-electron chi connectivity index (χ4n) is 3.27. The van der Waals surface area contributed by atoms with E-state index in [0.717, 1.165) is 37.6 Å². The van der Waals surface area contributed by atoms with Gasteiger partial charge in [0.15, 0.2) is 0 Å². The molecule has 1 aromatic heterocycles. The Morgan fingerprint density at radius 1 is 1.13 bits per heavy atom. The van der Waals surface area contributed by atoms with Gasteiger partial charge in [-0.05, 0) is 37.5 Å². The highest BCUT2D eigenvalue weighted by molar-refractivity contribution is 6.04. The number of fused-ring (bicyclic) bond motifs is 1. The van der Waals surface area contributed by atoms with Gasteiger partial charge in [-0.1, -0.05) is 24.3 Å². The van der Waals surface area contributed by atoms with E-state index in [2.05, 4.69) is 10.3 Å². The average molecular weight is 418 g/mol. The third-order valence-corrected chi connectivity index (χ3v) is 5.15. The molecular formula is C22H18F4N2O2. The number of nitrogens with zero attached hydrogens (tertiary/aromatic N) is 1. The quantitative estimate of drug-likeness (QED) is 0.576. The first-order valence-corrected chi connectivity index (χ1v) is 9.50. The highest BCUT2D eigenvalue weighted by atomic mass is 19.4. The van der Waals surface area contributed by atoms with E-state index in [0.29, 0.717) is 5.39 Å². The summed E-state index contributed by atoms with van der Waals surface area (Å²) < 4.78 is 58.5. The normalized spacial score (nSPS) is 14.4. The molecule has 0 atom stereocenters. The number of aromatic nitrogens is 1. The fourth-order valence-corrected chi connectivity index (χ4v) is 3.27. The standard InChI is InChI=1S/C22H18F4N2O2/c23-19-10-18(21(29)28-14-4-3-5-14)20(17-7-2-1-6-16(17)19)30-12-15-9-8-13(11-27-15)22(24,25)26/h1-2,6-11,14H,3-5,12H2,(H,28,29). The van der Waals surface area contributed by atoms with Gasteiger partial charge in [-0.2, -0.15) is 13.2 Å². The monoisotopic (exact) mass is 418 g/mol. The molecule has 0 unspecified atom stereocenters. The number of carbonyl (C=O) groups is 1. The van der Waals surface area contributed by atoms with Crippen molar-refractivity contribution < 1.29 is 27.1 Å². The Balaban J connectivity index is 1.65. The number of carbonyl (C=O) groups excluding carboxylic acids is 1. The lowest BCUT2D eigenvalue weighted by Gasteiger charge is -2.27. The molecule has 0 saturated heterocycles. The molecule has 1 amide bonds. The molecule has 0 bridgehead atoms. The lowest BCUT2D eigenvalue weighted by molar-refractivity contribution is -0.137. The number of rotatable bonds is 5. The predicted molar refractivity (Wildman–Crippen MR) is 103 cm³/mol. The first-order valence-electron chi connectivity index (χ1n) is 9.50. The Morgan fingerprint density at radius 3 is 2.47 bits per heavy atom. The highest BCUT2D eigenvalue weighted by Gasteiger charge is 2.30. The van der Waals surface area contributed by atoms with E-state index in [4.69, 9.17) is 4.74 Å². The number of hydrogen-bond donors (Lipinski definition) is 1. The van der Waals surface area contributed by atoms with E-state index in [1.54, 1.807) is 24.3 Å². The summed E-state index contributed by atoms with van der Waals surface area (Å²) in [6.45, 7) is -0.169. The van der Waals surface area contributed by atoms with Crippen LogP contribution in [0.2, 0.25) is 0 Å². The Bertz CT molecular complexity index is 1080. The molecule has 1 aliphatic carbocycles. The maximum Gasteiger partial charge on any atom is 0.417 e. The zero-order valence-electron chi connectivity index (χ0n) is 15.8. The second-order valence-corrected chi connectivity index (χ2v) is 7.21. The zero-order chi connectivity index (χ0) is 21.3. The van der Waals surface area contributed by atoms with Crippen LogP contribution in [-0.4, -0.2) is 16.9 Å². The van der Waals surface area contributed by atoms with Crippen LogP contribution in [0.5, 0.6) is 5.75 Å². The van der Waals surface area contributed by atoms with Crippen molar-refractivity contribution in [2.24, 2.45) is 0 Å². The van der Waals surface area contributed by atoms with Crippen LogP contribution in [-0.2, 0) is 12.8 Å². The number of hydrogen-bond acceptors (Lipinski definition) is 3. The van der Waals surface area contributed by atoms with Gasteiger partial charge >= 0.3 is 6.18 Å². The summed E-state index contributed by atoms with van der Waals surface area (Å²) in [7, 11) is 0. The van der Waals surface area contributed by atoms with Crippen molar-refractivity contribution in [2.75, 3.05) is 0 Å². The number of alkyl halides is 3. The van der Waals surface area contributed by atoms with E-state index < -0.39 is 23.5 Å². The molecule has 1 N–H and O–H groups in total. The minimum absolute atomic E-state index is 0.0463. The fraction of sp³-hybridized carbons (Fsp3) is 0.273. The number of ether oxygens (including phenoxy) is 1. The number of benzene rings is 2. The van der Waals surface area contributed by atoms with Gasteiger partial charge in [-0.15, -0.1) is 0 Å². The zero-order valence-corrected chi connectivity index (χ0v) is 15.8. The molecule has 1 saturated carbocycles. The second-order valence-electron chi connectivity index (χ2n) is 7.21. The van der Waals surface area contributed by atoms with E-state index >= 15 is 0 Å². The highest BCUT2D eigenvalue weighted by Crippen LogP contribution is 2.34. The van der Waals surface area contributed by atoms with Crippen LogP contribution in [0.3, 0.4) is 0 Å². The topological polar surface area (TPSA) is 51.2 Å². The minimum atomic E-state index is -4.48. The molecule has 1 fully saturated rings. The van der Waals surface area contributed by atoms with Gasteiger partial charge in [0, 0.05) is 23.0 Å². The second kappa shape index (κ2) is 7.93. The van der Waals surface area contributed by atoms with Gasteiger partial charge in [-0.25, -0.2) is 4.39 Å². The van der Waals surface area contributed by atoms with Gasteiger partial charge in [0.2, 0.25) is 0 Å². The van der Waals surface area contributed by atoms with Crippen molar-refractivity contribution in [3.63, 3.8) is 0 Å². The lowest BCUT2D eigenvalue weighted by atomic mass is 9.92. The molecule has 156 valence electrons. The smallest absolute Gasteiger partial charge is 0.417 e. The Labute approximate surface area is 169 Å². The van der Waals surface area contributed by atoms with Crippen molar-refractivity contribution >= 4 is 16.7 Å². The Morgan fingerprint density at radius 2 is 1.87 bits per heavy atom. The van der Waals surface area contributed by atoms with Crippen LogP contribution in [0.15, 0.2) is 48.7 Å². The van der Waals surface area contributed by atoms with Crippen molar-refractivity contribution in [1.29, 1.82) is 0 Å². The third-order valence-electron chi connectivity index (χ3n) is 5.15. The molecule has 30 heavy (non-hydrogen) atoms. The maximum absolute atomic E-state index is 14.6. The number of nitrogens with one attached hydrogen (secondary N) is 1. The van der Waals surface area contributed by atoms with Crippen LogP contribution < -0.4 is 10.1 Å². The molecule has 1 aliphatic rings. The number of amides is 1. The van der Waals surface area contributed by atoms with Crippen molar-refractivity contribution in [1.82, 2.24) is 10.3 Å². The molecule has 4 rings (SSSR count). The molecule has 1 heterocycles. The van der Waals surface area contributed by atoms with Crippen molar-refractivity contribution in [3.8, 4) is 5.75 Å². The Hall–Kier alpha value is -3.16. The van der Waals surface area contributed by atoms with Crippen LogP contribution in [0, 0.1) is 5.82 Å². The van der Waals surface area contributed by atoms with Crippen LogP contribution in [0.1, 0.15) is 40.9 Å². The van der Waals surface area contributed by atoms with E-state index in [1.165, 1.54) is 6.07 Å². The maximum atomic E-state index is 14.6. The largest absolute Gasteiger partial charge is 0.486 e. The number of halogens is 4. The van der Waals surface area contributed by atoms with Crippen molar-refractivity contribution in [3.05, 3.63) is 71.3 Å². The number of pyridine rings is 1. The molecule has 8 heteroatoms. The molecule has 3 aromatic rings. The Kier molecular flexibility index (Phi) is 5.32. The molecular weight excluding hydrogens is 400 g/mol. The summed E-state index contributed by atoms with van der Waals surface area (Å²) in [5.41, 5.74) is -0.564. The van der Waals surface area contributed by atoms with Crippen LogP contribution >= 0.6 is 0 Å². The van der Waals surface area contributed by atoms with Crippen LogP contribution in [0.4, 0.5) is 17.6 Å². The van der Waals surface area contributed by atoms with Gasteiger partial charge in [0.1, 0.15) is 18.2 Å². The summed E-state index contributed by atoms with van der Waals surface area (Å²) in [6, 6.07) is 9.87. The molecule has 0 radical (unpaired) electrons. The predicted octanol–water partition coefficient (Wildman–Crippen LogP) is 5.25. The minimum Gasteiger partial charge on any atom is -0.486 e. The van der Waals surface area contributed by atoms with Gasteiger partial charge in [0.05, 0.1) is 16.8 Å². The van der Waals surface area contributed by atoms with E-state index in [1.807, 2.05) is 0 Å². The lowest BCUT2D eigenvalue weighted by Crippen LogP contribution is -2.39. The first kappa shape index (κ1) is 20.1. The molecule has 0 aliphatic heterocycles. The molecule has 0 spiro atoms. The summed E-state index contributed by atoms with van der Waals surface area (Å²) in [6.07, 6.45) is -0.987. The summed E-state index contributed by atoms with van der Waals surface area (Å²) in [5, 5.41) is 3.55. The first-order chi connectivity index (χ1) is 14.3. The van der Waals surface area contributed by atoms with Crippen LogP contribution in [0.25, 0.3) is 10.8 Å².